The Labute approximate surface area is 105 Å². The number of halogens is 2. The first kappa shape index (κ1) is 12.6. The van der Waals surface area contributed by atoms with Crippen molar-refractivity contribution in [2.75, 3.05) is 20.1 Å². The maximum absolute atomic E-state index is 13.3. The Kier molecular flexibility index (Phi) is 3.56. The highest BCUT2D eigenvalue weighted by Crippen LogP contribution is 2.41. The summed E-state index contributed by atoms with van der Waals surface area (Å²) in [6, 6.07) is 2.45. The quantitative estimate of drug-likeness (QED) is 0.855. The molecular formula is C12H16ClFN2O. The summed E-state index contributed by atoms with van der Waals surface area (Å²) in [5, 5.41) is 9.96. The Hall–Kier alpha value is -0.840. The van der Waals surface area contributed by atoms with Gasteiger partial charge in [0.15, 0.2) is 0 Å². The first-order chi connectivity index (χ1) is 8.02. The van der Waals surface area contributed by atoms with E-state index < -0.39 is 5.82 Å². The zero-order valence-electron chi connectivity index (χ0n) is 9.66. The summed E-state index contributed by atoms with van der Waals surface area (Å²) < 4.78 is 13.3. The van der Waals surface area contributed by atoms with Gasteiger partial charge in [-0.15, -0.1) is 0 Å². The highest BCUT2D eigenvalue weighted by atomic mass is 35.5. The van der Waals surface area contributed by atoms with Crippen LogP contribution in [0.3, 0.4) is 0 Å². The van der Waals surface area contributed by atoms with Gasteiger partial charge < -0.3 is 10.8 Å². The minimum Gasteiger partial charge on any atom is -0.506 e. The fourth-order valence-electron chi connectivity index (χ4n) is 2.48. The van der Waals surface area contributed by atoms with Gasteiger partial charge in [0, 0.05) is 18.2 Å². The Morgan fingerprint density at radius 3 is 2.88 bits per heavy atom. The molecule has 1 saturated heterocycles. The molecule has 3 N–H and O–H groups in total. The minimum atomic E-state index is -0.424. The van der Waals surface area contributed by atoms with Crippen LogP contribution in [0.15, 0.2) is 12.1 Å². The van der Waals surface area contributed by atoms with Crippen molar-refractivity contribution in [2.24, 2.45) is 11.7 Å². The molecule has 1 fully saturated rings. The van der Waals surface area contributed by atoms with E-state index in [1.807, 2.05) is 7.05 Å². The molecule has 1 aliphatic heterocycles. The van der Waals surface area contributed by atoms with E-state index in [0.29, 0.717) is 18.0 Å². The standard InChI is InChI=1S/C12H16ClFN2O/c1-16-6-7(5-15)2-11(16)9-3-8(14)4-10(13)12(9)17/h3-4,7,11,17H,2,5-6,15H2,1H3. The second-order valence-electron chi connectivity index (χ2n) is 4.62. The number of hydrogen-bond donors (Lipinski definition) is 2. The lowest BCUT2D eigenvalue weighted by Crippen LogP contribution is -2.20. The highest BCUT2D eigenvalue weighted by Gasteiger charge is 2.32. The third kappa shape index (κ3) is 2.39. The zero-order valence-corrected chi connectivity index (χ0v) is 10.4. The van der Waals surface area contributed by atoms with Crippen LogP contribution < -0.4 is 5.73 Å². The van der Waals surface area contributed by atoms with Gasteiger partial charge in [0.1, 0.15) is 11.6 Å². The molecule has 0 saturated carbocycles. The predicted octanol–water partition coefficient (Wildman–Crippen LogP) is 2.14. The van der Waals surface area contributed by atoms with E-state index in [-0.39, 0.29) is 16.8 Å². The number of aromatic hydroxyl groups is 1. The van der Waals surface area contributed by atoms with Crippen LogP contribution in [0, 0.1) is 11.7 Å². The number of phenolic OH excluding ortho intramolecular Hbond substituents is 1. The molecule has 2 rings (SSSR count). The van der Waals surface area contributed by atoms with Crippen LogP contribution in [0.2, 0.25) is 5.02 Å². The van der Waals surface area contributed by atoms with Crippen LogP contribution in [0.25, 0.3) is 0 Å². The number of hydrogen-bond acceptors (Lipinski definition) is 3. The smallest absolute Gasteiger partial charge is 0.139 e. The molecule has 94 valence electrons. The van der Waals surface area contributed by atoms with Crippen molar-refractivity contribution in [1.82, 2.24) is 4.90 Å². The molecule has 2 unspecified atom stereocenters. The SMILES string of the molecule is CN1CC(CN)CC1c1cc(F)cc(Cl)c1O. The molecule has 1 aromatic carbocycles. The van der Waals surface area contributed by atoms with Gasteiger partial charge >= 0.3 is 0 Å². The van der Waals surface area contributed by atoms with Crippen molar-refractivity contribution in [3.8, 4) is 5.75 Å². The summed E-state index contributed by atoms with van der Waals surface area (Å²) in [6.07, 6.45) is 0.820. The molecule has 5 heteroatoms. The van der Waals surface area contributed by atoms with Gasteiger partial charge in [0.25, 0.3) is 0 Å². The van der Waals surface area contributed by atoms with Crippen molar-refractivity contribution in [2.45, 2.75) is 12.5 Å². The maximum atomic E-state index is 13.3. The van der Waals surface area contributed by atoms with E-state index in [2.05, 4.69) is 4.90 Å². The van der Waals surface area contributed by atoms with Crippen molar-refractivity contribution < 1.29 is 9.50 Å². The van der Waals surface area contributed by atoms with Crippen LogP contribution in [0.5, 0.6) is 5.75 Å². The molecule has 2 atom stereocenters. The van der Waals surface area contributed by atoms with Crippen molar-refractivity contribution in [3.05, 3.63) is 28.5 Å². The minimum absolute atomic E-state index is 0.0169. The second-order valence-corrected chi connectivity index (χ2v) is 5.03. The van der Waals surface area contributed by atoms with Gasteiger partial charge in [-0.05, 0) is 38.1 Å². The lowest BCUT2D eigenvalue weighted by molar-refractivity contribution is 0.305. The third-order valence-corrected chi connectivity index (χ3v) is 3.67. The topological polar surface area (TPSA) is 49.5 Å². The van der Waals surface area contributed by atoms with Crippen LogP contribution in [0.1, 0.15) is 18.0 Å². The van der Waals surface area contributed by atoms with Crippen molar-refractivity contribution in [3.63, 3.8) is 0 Å². The predicted molar refractivity (Wildman–Crippen MR) is 65.6 cm³/mol. The lowest BCUT2D eigenvalue weighted by Gasteiger charge is -2.21. The number of nitrogens with zero attached hydrogens (tertiary/aromatic N) is 1. The molecule has 1 heterocycles. The molecule has 0 amide bonds. The molecule has 1 aliphatic rings. The highest BCUT2D eigenvalue weighted by molar-refractivity contribution is 6.32. The number of phenols is 1. The van der Waals surface area contributed by atoms with Crippen molar-refractivity contribution in [1.29, 1.82) is 0 Å². The summed E-state index contributed by atoms with van der Waals surface area (Å²) in [4.78, 5) is 2.07. The van der Waals surface area contributed by atoms with Crippen LogP contribution >= 0.6 is 11.6 Å². The van der Waals surface area contributed by atoms with E-state index in [4.69, 9.17) is 17.3 Å². The average molecular weight is 259 g/mol. The summed E-state index contributed by atoms with van der Waals surface area (Å²) >= 11 is 5.78. The van der Waals surface area contributed by atoms with E-state index in [1.54, 1.807) is 0 Å². The number of benzene rings is 1. The second kappa shape index (κ2) is 4.80. The van der Waals surface area contributed by atoms with E-state index >= 15 is 0 Å². The van der Waals surface area contributed by atoms with Gasteiger partial charge in [-0.2, -0.15) is 0 Å². The van der Waals surface area contributed by atoms with Crippen LogP contribution in [-0.4, -0.2) is 30.1 Å². The Morgan fingerprint density at radius 1 is 1.59 bits per heavy atom. The number of rotatable bonds is 2. The van der Waals surface area contributed by atoms with E-state index in [1.165, 1.54) is 6.07 Å². The Balaban J connectivity index is 2.34. The largest absolute Gasteiger partial charge is 0.506 e. The number of nitrogens with two attached hydrogens (primary N) is 1. The number of likely N-dealkylation sites (tertiary alicyclic amines) is 1. The van der Waals surface area contributed by atoms with E-state index in [0.717, 1.165) is 19.0 Å². The third-order valence-electron chi connectivity index (χ3n) is 3.38. The lowest BCUT2D eigenvalue weighted by atomic mass is 9.99. The zero-order chi connectivity index (χ0) is 12.6. The molecular weight excluding hydrogens is 243 g/mol. The molecule has 0 bridgehead atoms. The average Bonchev–Trinajstić information content (AvgIpc) is 2.65. The maximum Gasteiger partial charge on any atom is 0.139 e. The van der Waals surface area contributed by atoms with Gasteiger partial charge in [-0.1, -0.05) is 11.6 Å². The van der Waals surface area contributed by atoms with Crippen molar-refractivity contribution >= 4 is 11.6 Å². The van der Waals surface area contributed by atoms with E-state index in [9.17, 15) is 9.50 Å². The first-order valence-electron chi connectivity index (χ1n) is 5.61. The van der Waals surface area contributed by atoms with Gasteiger partial charge in [-0.3, -0.25) is 4.90 Å². The van der Waals surface area contributed by atoms with Gasteiger partial charge in [0.2, 0.25) is 0 Å². The Morgan fingerprint density at radius 2 is 2.29 bits per heavy atom. The molecule has 0 aliphatic carbocycles. The molecule has 0 aromatic heterocycles. The normalized spacial score (nSPS) is 25.4. The first-order valence-corrected chi connectivity index (χ1v) is 5.99. The molecule has 1 aromatic rings. The molecule has 0 spiro atoms. The summed E-state index contributed by atoms with van der Waals surface area (Å²) in [7, 11) is 1.94. The Bertz CT molecular complexity index is 427. The molecule has 3 nitrogen and oxygen atoms in total. The molecule has 0 radical (unpaired) electrons. The van der Waals surface area contributed by atoms with Gasteiger partial charge in [-0.25, -0.2) is 4.39 Å². The summed E-state index contributed by atoms with van der Waals surface area (Å²) in [5.41, 5.74) is 6.19. The fraction of sp³-hybridized carbons (Fsp3) is 0.500. The van der Waals surface area contributed by atoms with Crippen LogP contribution in [0.4, 0.5) is 4.39 Å². The summed E-state index contributed by atoms with van der Waals surface area (Å²) in [6.45, 7) is 1.46. The molecule has 17 heavy (non-hydrogen) atoms. The fourth-order valence-corrected chi connectivity index (χ4v) is 2.69. The summed E-state index contributed by atoms with van der Waals surface area (Å²) in [5.74, 6) is -0.0681. The monoisotopic (exact) mass is 258 g/mol. The van der Waals surface area contributed by atoms with Crippen LogP contribution in [-0.2, 0) is 0 Å². The van der Waals surface area contributed by atoms with Gasteiger partial charge in [0.05, 0.1) is 5.02 Å².